The number of para-hydroxylation sites is 1. The van der Waals surface area contributed by atoms with Gasteiger partial charge in [-0.05, 0) is 24.6 Å². The predicted molar refractivity (Wildman–Crippen MR) is 89.3 cm³/mol. The van der Waals surface area contributed by atoms with Crippen LogP contribution in [0.15, 0.2) is 46.9 Å². The average Bonchev–Trinajstić information content (AvgIpc) is 3.10. The van der Waals surface area contributed by atoms with E-state index in [4.69, 9.17) is 23.7 Å². The second-order valence-electron chi connectivity index (χ2n) is 5.72. The maximum absolute atomic E-state index is 12.4. The lowest BCUT2D eigenvalue weighted by atomic mass is 10.1. The molecule has 1 aromatic carbocycles. The summed E-state index contributed by atoms with van der Waals surface area (Å²) in [5, 5.41) is 11.5. The SMILES string of the molecule is O=C(O)CO[C@@H]1CCOC[C@@H]1NC(=O)c1ccc(Oc2ccccc2)o1. The summed E-state index contributed by atoms with van der Waals surface area (Å²) in [6.07, 6.45) is 0.0671. The summed E-state index contributed by atoms with van der Waals surface area (Å²) in [4.78, 5) is 23.0. The molecule has 1 amide bonds. The Morgan fingerprint density at radius 1 is 1.19 bits per heavy atom. The molecule has 0 spiro atoms. The van der Waals surface area contributed by atoms with Gasteiger partial charge in [0.2, 0.25) is 0 Å². The Bertz CT molecular complexity index is 743. The minimum atomic E-state index is -1.06. The Morgan fingerprint density at radius 3 is 2.77 bits per heavy atom. The molecule has 1 aromatic heterocycles. The molecule has 1 fully saturated rings. The first kappa shape index (κ1) is 18.0. The predicted octanol–water partition coefficient (Wildman–Crippen LogP) is 2.06. The largest absolute Gasteiger partial charge is 0.480 e. The van der Waals surface area contributed by atoms with Crippen molar-refractivity contribution in [3.63, 3.8) is 0 Å². The van der Waals surface area contributed by atoms with Gasteiger partial charge < -0.3 is 29.1 Å². The number of carbonyl (C=O) groups is 2. The summed E-state index contributed by atoms with van der Waals surface area (Å²) in [5.41, 5.74) is 0. The molecule has 0 radical (unpaired) electrons. The number of carboxylic acid groups (broad SMARTS) is 1. The maximum Gasteiger partial charge on any atom is 0.329 e. The lowest BCUT2D eigenvalue weighted by molar-refractivity contribution is -0.147. The number of rotatable bonds is 7. The fourth-order valence-electron chi connectivity index (χ4n) is 2.57. The summed E-state index contributed by atoms with van der Waals surface area (Å²) < 4.78 is 21.6. The standard InChI is InChI=1S/C18H19NO7/c20-16(21)11-24-14-8-9-23-10-13(14)19-18(22)15-6-7-17(26-15)25-12-4-2-1-3-5-12/h1-7,13-14H,8-11H2,(H,19,22)(H,20,21)/t13-,14+/m0/s1. The summed E-state index contributed by atoms with van der Waals surface area (Å²) in [7, 11) is 0. The second-order valence-corrected chi connectivity index (χ2v) is 5.72. The molecule has 2 heterocycles. The molecule has 0 unspecified atom stereocenters. The Morgan fingerprint density at radius 2 is 2.00 bits per heavy atom. The average molecular weight is 361 g/mol. The van der Waals surface area contributed by atoms with Gasteiger partial charge in [0, 0.05) is 12.7 Å². The van der Waals surface area contributed by atoms with Crippen LogP contribution in [0.4, 0.5) is 0 Å². The number of ether oxygens (including phenoxy) is 3. The van der Waals surface area contributed by atoms with Crippen LogP contribution in [-0.2, 0) is 14.3 Å². The highest BCUT2D eigenvalue weighted by atomic mass is 16.6. The third-order valence-electron chi connectivity index (χ3n) is 3.80. The van der Waals surface area contributed by atoms with Crippen molar-refractivity contribution in [1.82, 2.24) is 5.32 Å². The molecule has 1 saturated heterocycles. The lowest BCUT2D eigenvalue weighted by Gasteiger charge is -2.31. The number of hydrogen-bond acceptors (Lipinski definition) is 6. The number of benzene rings is 1. The first-order valence-corrected chi connectivity index (χ1v) is 8.16. The molecule has 1 aliphatic heterocycles. The number of nitrogens with one attached hydrogen (secondary N) is 1. The van der Waals surface area contributed by atoms with E-state index < -0.39 is 30.6 Å². The van der Waals surface area contributed by atoms with Gasteiger partial charge in [0.25, 0.3) is 11.9 Å². The van der Waals surface area contributed by atoms with E-state index in [1.54, 1.807) is 18.2 Å². The van der Waals surface area contributed by atoms with Crippen LogP contribution >= 0.6 is 0 Å². The van der Waals surface area contributed by atoms with Crippen LogP contribution < -0.4 is 10.1 Å². The number of furan rings is 1. The van der Waals surface area contributed by atoms with Crippen LogP contribution in [-0.4, -0.2) is 48.9 Å². The van der Waals surface area contributed by atoms with Crippen molar-refractivity contribution < 1.29 is 33.3 Å². The van der Waals surface area contributed by atoms with Crippen molar-refractivity contribution in [2.24, 2.45) is 0 Å². The molecule has 0 saturated carbocycles. The van der Waals surface area contributed by atoms with Gasteiger partial charge in [-0.25, -0.2) is 4.79 Å². The van der Waals surface area contributed by atoms with Crippen LogP contribution in [0.25, 0.3) is 0 Å². The van der Waals surface area contributed by atoms with E-state index in [-0.39, 0.29) is 18.3 Å². The molecule has 2 aromatic rings. The van der Waals surface area contributed by atoms with Gasteiger partial charge in [-0.15, -0.1) is 0 Å². The van der Waals surface area contributed by atoms with E-state index in [0.29, 0.717) is 18.8 Å². The Kier molecular flexibility index (Phi) is 5.88. The molecule has 1 aliphatic rings. The third-order valence-corrected chi connectivity index (χ3v) is 3.80. The van der Waals surface area contributed by atoms with Gasteiger partial charge in [-0.2, -0.15) is 0 Å². The highest BCUT2D eigenvalue weighted by Crippen LogP contribution is 2.23. The first-order valence-electron chi connectivity index (χ1n) is 8.16. The Balaban J connectivity index is 1.59. The number of carboxylic acids is 1. The van der Waals surface area contributed by atoms with Gasteiger partial charge in [0.15, 0.2) is 5.76 Å². The second kappa shape index (κ2) is 8.50. The molecule has 0 aliphatic carbocycles. The van der Waals surface area contributed by atoms with Gasteiger partial charge in [0.05, 0.1) is 18.8 Å². The normalized spacial score (nSPS) is 19.7. The summed E-state index contributed by atoms with van der Waals surface area (Å²) in [6.45, 7) is 0.267. The molecule has 8 heteroatoms. The summed E-state index contributed by atoms with van der Waals surface area (Å²) in [6, 6.07) is 11.7. The topological polar surface area (TPSA) is 107 Å². The van der Waals surface area contributed by atoms with Crippen molar-refractivity contribution in [3.05, 3.63) is 48.2 Å². The Hall–Kier alpha value is -2.84. The highest BCUT2D eigenvalue weighted by Gasteiger charge is 2.29. The first-order chi connectivity index (χ1) is 12.6. The molecule has 2 N–H and O–H groups in total. The summed E-state index contributed by atoms with van der Waals surface area (Å²) >= 11 is 0. The smallest absolute Gasteiger partial charge is 0.329 e. The highest BCUT2D eigenvalue weighted by molar-refractivity contribution is 5.91. The van der Waals surface area contributed by atoms with Gasteiger partial charge in [-0.1, -0.05) is 18.2 Å². The minimum Gasteiger partial charge on any atom is -0.480 e. The summed E-state index contributed by atoms with van der Waals surface area (Å²) in [5.74, 6) is -0.641. The zero-order valence-electron chi connectivity index (χ0n) is 13.9. The zero-order valence-corrected chi connectivity index (χ0v) is 13.9. The molecule has 26 heavy (non-hydrogen) atoms. The van der Waals surface area contributed by atoms with Crippen LogP contribution in [0.1, 0.15) is 17.0 Å². The van der Waals surface area contributed by atoms with E-state index >= 15 is 0 Å². The van der Waals surface area contributed by atoms with Crippen molar-refractivity contribution in [1.29, 1.82) is 0 Å². The molecular weight excluding hydrogens is 342 g/mol. The molecular formula is C18H19NO7. The van der Waals surface area contributed by atoms with Gasteiger partial charge in [0.1, 0.15) is 12.4 Å². The van der Waals surface area contributed by atoms with Crippen LogP contribution in [0.3, 0.4) is 0 Å². The third kappa shape index (κ3) is 4.84. The number of hydrogen-bond donors (Lipinski definition) is 2. The van der Waals surface area contributed by atoms with E-state index in [2.05, 4.69) is 5.32 Å². The molecule has 2 atom stereocenters. The van der Waals surface area contributed by atoms with Crippen molar-refractivity contribution in [2.45, 2.75) is 18.6 Å². The number of aliphatic carboxylic acids is 1. The molecule has 8 nitrogen and oxygen atoms in total. The van der Waals surface area contributed by atoms with Crippen molar-refractivity contribution in [3.8, 4) is 11.7 Å². The van der Waals surface area contributed by atoms with E-state index in [9.17, 15) is 9.59 Å². The minimum absolute atomic E-state index is 0.0819. The van der Waals surface area contributed by atoms with Crippen molar-refractivity contribution >= 4 is 11.9 Å². The van der Waals surface area contributed by atoms with Crippen LogP contribution in [0.2, 0.25) is 0 Å². The molecule has 138 valence electrons. The van der Waals surface area contributed by atoms with E-state index in [1.165, 1.54) is 6.07 Å². The number of amides is 1. The van der Waals surface area contributed by atoms with Crippen LogP contribution in [0, 0.1) is 0 Å². The number of carbonyl (C=O) groups excluding carboxylic acids is 1. The Labute approximate surface area is 149 Å². The lowest BCUT2D eigenvalue weighted by Crippen LogP contribution is -2.50. The van der Waals surface area contributed by atoms with Gasteiger partial charge >= 0.3 is 5.97 Å². The monoisotopic (exact) mass is 361 g/mol. The zero-order chi connectivity index (χ0) is 18.4. The van der Waals surface area contributed by atoms with Crippen molar-refractivity contribution in [2.75, 3.05) is 19.8 Å². The maximum atomic E-state index is 12.4. The van der Waals surface area contributed by atoms with Gasteiger partial charge in [-0.3, -0.25) is 4.79 Å². The van der Waals surface area contributed by atoms with E-state index in [1.807, 2.05) is 18.2 Å². The molecule has 3 rings (SSSR count). The van der Waals surface area contributed by atoms with E-state index in [0.717, 1.165) is 0 Å². The molecule has 0 bridgehead atoms. The fraction of sp³-hybridized carbons (Fsp3) is 0.333. The van der Waals surface area contributed by atoms with Crippen LogP contribution in [0.5, 0.6) is 11.7 Å². The fourth-order valence-corrected chi connectivity index (χ4v) is 2.57. The quantitative estimate of drug-likeness (QED) is 0.777.